The number of alkyl halides is 3. The monoisotopic (exact) mass is 303 g/mol. The molecule has 0 saturated heterocycles. The molecule has 1 aromatic heterocycles. The summed E-state index contributed by atoms with van der Waals surface area (Å²) in [5.41, 5.74) is 1.96. The molecule has 0 aliphatic carbocycles. The van der Waals surface area contributed by atoms with Gasteiger partial charge in [-0.1, -0.05) is 30.7 Å². The molecule has 1 aromatic carbocycles. The van der Waals surface area contributed by atoms with E-state index in [9.17, 15) is 13.2 Å². The van der Waals surface area contributed by atoms with Gasteiger partial charge in [0.2, 0.25) is 0 Å². The summed E-state index contributed by atoms with van der Waals surface area (Å²) in [4.78, 5) is 4.38. The number of aryl methyl sites for hydroxylation is 1. The Balaban J connectivity index is 2.54. The van der Waals surface area contributed by atoms with E-state index < -0.39 is 12.8 Å². The van der Waals surface area contributed by atoms with Crippen molar-refractivity contribution in [1.29, 1.82) is 0 Å². The van der Waals surface area contributed by atoms with Crippen molar-refractivity contribution >= 4 is 22.5 Å². The molecule has 0 saturated carbocycles. The molecule has 0 atom stereocenters. The summed E-state index contributed by atoms with van der Waals surface area (Å²) in [7, 11) is 0. The first kappa shape index (κ1) is 14.9. The maximum Gasteiger partial charge on any atom is 0.422 e. The van der Waals surface area contributed by atoms with Gasteiger partial charge in [0, 0.05) is 11.1 Å². The molecule has 0 fully saturated rings. The van der Waals surface area contributed by atoms with Crippen molar-refractivity contribution in [2.75, 3.05) is 6.61 Å². The number of nitrogens with zero attached hydrogens (tertiary/aromatic N) is 1. The van der Waals surface area contributed by atoms with E-state index in [0.717, 1.165) is 11.3 Å². The number of ether oxygens (including phenoxy) is 1. The molecule has 2 rings (SSSR count). The predicted molar refractivity (Wildman–Crippen MR) is 72.4 cm³/mol. The minimum Gasteiger partial charge on any atom is -0.482 e. The molecular formula is C14H13ClF3NO. The zero-order valence-electron chi connectivity index (χ0n) is 11.0. The average Bonchev–Trinajstić information content (AvgIpc) is 2.39. The molecule has 2 nitrogen and oxygen atoms in total. The third-order valence-corrected chi connectivity index (χ3v) is 3.46. The molecule has 0 aliphatic rings. The Morgan fingerprint density at radius 3 is 2.60 bits per heavy atom. The number of hydrogen-bond donors (Lipinski definition) is 0. The average molecular weight is 304 g/mol. The van der Waals surface area contributed by atoms with Gasteiger partial charge in [-0.3, -0.25) is 0 Å². The van der Waals surface area contributed by atoms with Crippen molar-refractivity contribution in [3.63, 3.8) is 0 Å². The van der Waals surface area contributed by atoms with Crippen molar-refractivity contribution in [3.05, 3.63) is 34.5 Å². The SMILES string of the molecule is CCc1nc2c(OCC(F)(F)F)cccc2c(Cl)c1C. The quantitative estimate of drug-likeness (QED) is 0.820. The molecule has 20 heavy (non-hydrogen) atoms. The molecule has 0 spiro atoms. The number of benzene rings is 1. The lowest BCUT2D eigenvalue weighted by Crippen LogP contribution is -2.19. The summed E-state index contributed by atoms with van der Waals surface area (Å²) in [5, 5.41) is 1.10. The molecule has 0 unspecified atom stereocenters. The van der Waals surface area contributed by atoms with Gasteiger partial charge >= 0.3 is 6.18 Å². The van der Waals surface area contributed by atoms with E-state index in [1.807, 2.05) is 13.8 Å². The molecule has 2 aromatic rings. The second-order valence-corrected chi connectivity index (χ2v) is 4.79. The van der Waals surface area contributed by atoms with Crippen LogP contribution in [0, 0.1) is 6.92 Å². The third-order valence-electron chi connectivity index (χ3n) is 2.97. The Bertz CT molecular complexity index is 640. The Labute approximate surface area is 119 Å². The van der Waals surface area contributed by atoms with Gasteiger partial charge in [0.1, 0.15) is 11.3 Å². The lowest BCUT2D eigenvalue weighted by molar-refractivity contribution is -0.153. The van der Waals surface area contributed by atoms with Crippen LogP contribution in [0.1, 0.15) is 18.2 Å². The molecule has 6 heteroatoms. The van der Waals surface area contributed by atoms with E-state index in [-0.39, 0.29) is 5.75 Å². The van der Waals surface area contributed by atoms with Crippen LogP contribution in [0.2, 0.25) is 5.02 Å². The molecular weight excluding hydrogens is 291 g/mol. The third kappa shape index (κ3) is 2.98. The van der Waals surface area contributed by atoms with E-state index >= 15 is 0 Å². The minimum absolute atomic E-state index is 0.0939. The summed E-state index contributed by atoms with van der Waals surface area (Å²) < 4.78 is 41.6. The van der Waals surface area contributed by atoms with E-state index in [2.05, 4.69) is 4.98 Å². The summed E-state index contributed by atoms with van der Waals surface area (Å²) in [6, 6.07) is 4.79. The maximum absolute atomic E-state index is 12.3. The Morgan fingerprint density at radius 2 is 2.00 bits per heavy atom. The number of aromatic nitrogens is 1. The zero-order chi connectivity index (χ0) is 14.9. The van der Waals surface area contributed by atoms with Crippen LogP contribution in [0.4, 0.5) is 13.2 Å². The smallest absolute Gasteiger partial charge is 0.422 e. The highest BCUT2D eigenvalue weighted by molar-refractivity contribution is 6.36. The van der Waals surface area contributed by atoms with Crippen LogP contribution in [-0.4, -0.2) is 17.8 Å². The van der Waals surface area contributed by atoms with Gasteiger partial charge in [-0.25, -0.2) is 4.98 Å². The van der Waals surface area contributed by atoms with Crippen molar-refractivity contribution in [2.24, 2.45) is 0 Å². The predicted octanol–water partition coefficient (Wildman–Crippen LogP) is 4.70. The fourth-order valence-electron chi connectivity index (χ4n) is 1.98. The second-order valence-electron chi connectivity index (χ2n) is 4.41. The van der Waals surface area contributed by atoms with Crippen LogP contribution < -0.4 is 4.74 Å². The minimum atomic E-state index is -4.38. The molecule has 0 N–H and O–H groups in total. The summed E-state index contributed by atoms with van der Waals surface area (Å²) in [6.07, 6.45) is -3.74. The van der Waals surface area contributed by atoms with Crippen molar-refractivity contribution in [2.45, 2.75) is 26.4 Å². The largest absolute Gasteiger partial charge is 0.482 e. The highest BCUT2D eigenvalue weighted by Gasteiger charge is 2.29. The summed E-state index contributed by atoms with van der Waals surface area (Å²) in [6.45, 7) is 2.41. The molecule has 0 radical (unpaired) electrons. The van der Waals surface area contributed by atoms with Crippen molar-refractivity contribution in [1.82, 2.24) is 4.98 Å². The van der Waals surface area contributed by atoms with Gasteiger partial charge in [-0.2, -0.15) is 13.2 Å². The number of rotatable bonds is 3. The van der Waals surface area contributed by atoms with Crippen LogP contribution >= 0.6 is 11.6 Å². The first-order valence-electron chi connectivity index (χ1n) is 6.10. The normalized spacial score (nSPS) is 11.9. The number of halogens is 4. The van der Waals surface area contributed by atoms with Crippen molar-refractivity contribution < 1.29 is 17.9 Å². The van der Waals surface area contributed by atoms with E-state index in [1.165, 1.54) is 6.07 Å². The standard InChI is InChI=1S/C14H13ClF3NO/c1-3-10-8(2)12(15)9-5-4-6-11(13(9)19-10)20-7-14(16,17)18/h4-6H,3,7H2,1-2H3. The fraction of sp³-hybridized carbons (Fsp3) is 0.357. The van der Waals surface area contributed by atoms with Crippen LogP contribution in [0.25, 0.3) is 10.9 Å². The zero-order valence-corrected chi connectivity index (χ0v) is 11.8. The molecule has 0 bridgehead atoms. The number of para-hydroxylation sites is 1. The van der Waals surface area contributed by atoms with Gasteiger partial charge < -0.3 is 4.74 Å². The lowest BCUT2D eigenvalue weighted by atomic mass is 10.1. The van der Waals surface area contributed by atoms with Crippen molar-refractivity contribution in [3.8, 4) is 5.75 Å². The van der Waals surface area contributed by atoms with E-state index in [4.69, 9.17) is 16.3 Å². The Kier molecular flexibility index (Phi) is 4.09. The van der Waals surface area contributed by atoms with Gasteiger partial charge in [0.25, 0.3) is 0 Å². The van der Waals surface area contributed by atoms with E-state index in [0.29, 0.717) is 22.3 Å². The lowest BCUT2D eigenvalue weighted by Gasteiger charge is -2.14. The first-order valence-corrected chi connectivity index (χ1v) is 6.48. The number of pyridine rings is 1. The van der Waals surface area contributed by atoms with Gasteiger partial charge in [0.05, 0.1) is 5.02 Å². The summed E-state index contributed by atoms with van der Waals surface area (Å²) in [5.74, 6) is 0.0939. The molecule has 0 aliphatic heterocycles. The van der Waals surface area contributed by atoms with Crippen LogP contribution in [0.15, 0.2) is 18.2 Å². The highest BCUT2D eigenvalue weighted by atomic mass is 35.5. The first-order chi connectivity index (χ1) is 9.33. The molecule has 1 heterocycles. The van der Waals surface area contributed by atoms with Gasteiger partial charge in [-0.15, -0.1) is 0 Å². The Hall–Kier alpha value is -1.49. The second kappa shape index (κ2) is 5.48. The number of hydrogen-bond acceptors (Lipinski definition) is 2. The summed E-state index contributed by atoms with van der Waals surface area (Å²) >= 11 is 6.25. The maximum atomic E-state index is 12.3. The van der Waals surface area contributed by atoms with Crippen LogP contribution in [0.5, 0.6) is 5.75 Å². The number of fused-ring (bicyclic) bond motifs is 1. The topological polar surface area (TPSA) is 22.1 Å². The van der Waals surface area contributed by atoms with E-state index in [1.54, 1.807) is 12.1 Å². The highest BCUT2D eigenvalue weighted by Crippen LogP contribution is 2.33. The van der Waals surface area contributed by atoms with Gasteiger partial charge in [-0.05, 0) is 25.0 Å². The Morgan fingerprint density at radius 1 is 1.30 bits per heavy atom. The van der Waals surface area contributed by atoms with Crippen LogP contribution in [0.3, 0.4) is 0 Å². The van der Waals surface area contributed by atoms with Crippen LogP contribution in [-0.2, 0) is 6.42 Å². The molecule has 0 amide bonds. The fourth-order valence-corrected chi connectivity index (χ4v) is 2.24. The molecule has 108 valence electrons. The van der Waals surface area contributed by atoms with Gasteiger partial charge in [0.15, 0.2) is 6.61 Å².